The van der Waals surface area contributed by atoms with Crippen LogP contribution in [0.25, 0.3) is 87.6 Å². The largest absolute Gasteiger partial charge is 0.456 e. The van der Waals surface area contributed by atoms with Crippen LogP contribution in [0, 0.1) is 0 Å². The van der Waals surface area contributed by atoms with Crippen LogP contribution in [0.2, 0.25) is 0 Å². The van der Waals surface area contributed by atoms with Crippen LogP contribution in [-0.4, -0.2) is 8.07 Å². The average molecular weight is 845 g/mol. The second kappa shape index (κ2) is 14.4. The van der Waals surface area contributed by atoms with Crippen molar-refractivity contribution in [1.82, 2.24) is 0 Å². The maximum absolute atomic E-state index is 6.86. The van der Waals surface area contributed by atoms with Crippen LogP contribution in [0.5, 0.6) is 0 Å². The summed E-state index contributed by atoms with van der Waals surface area (Å²) in [5.74, 6) is 0. The van der Waals surface area contributed by atoms with E-state index in [2.05, 4.69) is 244 Å². The lowest BCUT2D eigenvalue weighted by Gasteiger charge is -2.37. The Hall–Kier alpha value is -7.78. The Labute approximate surface area is 379 Å². The van der Waals surface area contributed by atoms with Gasteiger partial charge in [0, 0.05) is 16.2 Å². The molecule has 0 unspecified atom stereocenters. The van der Waals surface area contributed by atoms with Gasteiger partial charge in [0.15, 0.2) is 8.07 Å². The van der Waals surface area contributed by atoms with Crippen molar-refractivity contribution in [2.45, 2.75) is 19.3 Å². The Morgan fingerprint density at radius 2 is 0.846 bits per heavy atom. The highest BCUT2D eigenvalue weighted by atomic mass is 28.3. The van der Waals surface area contributed by atoms with E-state index in [1.165, 1.54) is 103 Å². The molecule has 0 aliphatic heterocycles. The predicted molar refractivity (Wildman–Crippen MR) is 278 cm³/mol. The molecule has 13 rings (SSSR count). The molecule has 1 aliphatic carbocycles. The van der Waals surface area contributed by atoms with E-state index in [9.17, 15) is 0 Å². The minimum atomic E-state index is -3.16. The highest BCUT2D eigenvalue weighted by Gasteiger charge is 2.45. The number of hydrogen-bond acceptors (Lipinski definition) is 1. The first kappa shape index (κ1) is 37.7. The first-order valence-corrected chi connectivity index (χ1v) is 24.8. The Bertz CT molecular complexity index is 3690. The number of furan rings is 1. The van der Waals surface area contributed by atoms with Crippen molar-refractivity contribution in [2.24, 2.45) is 0 Å². The van der Waals surface area contributed by atoms with Crippen LogP contribution < -0.4 is 20.7 Å². The number of para-hydroxylation sites is 1. The molecule has 11 aromatic carbocycles. The highest BCUT2D eigenvalue weighted by molar-refractivity contribution is 7.21. The van der Waals surface area contributed by atoms with E-state index in [0.29, 0.717) is 0 Å². The Morgan fingerprint density at radius 3 is 1.45 bits per heavy atom. The van der Waals surface area contributed by atoms with E-state index in [4.69, 9.17) is 4.42 Å². The molecular weight excluding hydrogens is 801 g/mol. The third kappa shape index (κ3) is 5.38. The quantitative estimate of drug-likeness (QED) is 0.0923. The molecule has 0 fully saturated rings. The van der Waals surface area contributed by atoms with Crippen LogP contribution in [-0.2, 0) is 5.41 Å². The van der Waals surface area contributed by atoms with Crippen molar-refractivity contribution < 1.29 is 4.42 Å². The molecule has 0 atom stereocenters. The molecule has 1 heterocycles. The molecule has 0 bridgehead atoms. The lowest BCUT2D eigenvalue weighted by atomic mass is 9.80. The molecule has 2 heteroatoms. The Kier molecular flexibility index (Phi) is 8.34. The SMILES string of the molecule is CC1(C)c2cc(-c3c4ccccc4c(-c4ccc5oc6ccccc6c5c4[Si](c4ccccc4)(c4ccccc4)c4ccccc4)c4ccccc34)ccc2-c2c1ccc1ccccc21. The van der Waals surface area contributed by atoms with Gasteiger partial charge in [0.05, 0.1) is 0 Å². The molecule has 0 amide bonds. The van der Waals surface area contributed by atoms with Crippen molar-refractivity contribution in [3.05, 3.63) is 242 Å². The van der Waals surface area contributed by atoms with Crippen molar-refractivity contribution in [1.29, 1.82) is 0 Å². The minimum Gasteiger partial charge on any atom is -0.456 e. The summed E-state index contributed by atoms with van der Waals surface area (Å²) in [5, 5.41) is 15.2. The fraction of sp³-hybridized carbons (Fsp3) is 0.0476. The van der Waals surface area contributed by atoms with Gasteiger partial charge in [0.1, 0.15) is 11.2 Å². The van der Waals surface area contributed by atoms with Crippen molar-refractivity contribution in [3.63, 3.8) is 0 Å². The van der Waals surface area contributed by atoms with Crippen LogP contribution in [0.4, 0.5) is 0 Å². The lowest BCUT2D eigenvalue weighted by molar-refractivity contribution is 0.661. The zero-order valence-electron chi connectivity index (χ0n) is 36.3. The molecule has 1 nitrogen and oxygen atoms in total. The van der Waals surface area contributed by atoms with Crippen LogP contribution in [0.3, 0.4) is 0 Å². The average Bonchev–Trinajstić information content (AvgIpc) is 3.86. The minimum absolute atomic E-state index is 0.159. The van der Waals surface area contributed by atoms with Gasteiger partial charge in [-0.2, -0.15) is 0 Å². The summed E-state index contributed by atoms with van der Waals surface area (Å²) < 4.78 is 6.86. The van der Waals surface area contributed by atoms with Gasteiger partial charge in [-0.3, -0.25) is 0 Å². The molecule has 12 aromatic rings. The molecule has 0 saturated heterocycles. The van der Waals surface area contributed by atoms with Crippen LogP contribution in [0.1, 0.15) is 25.0 Å². The fourth-order valence-electron chi connectivity index (χ4n) is 11.8. The molecule has 1 aromatic heterocycles. The summed E-state index contributed by atoms with van der Waals surface area (Å²) in [4.78, 5) is 0. The first-order chi connectivity index (χ1) is 32.0. The molecule has 0 N–H and O–H groups in total. The number of benzene rings is 11. The highest BCUT2D eigenvalue weighted by Crippen LogP contribution is 2.53. The lowest BCUT2D eigenvalue weighted by Crippen LogP contribution is -2.75. The van der Waals surface area contributed by atoms with Gasteiger partial charge < -0.3 is 4.42 Å². The Balaban J connectivity index is 1.17. The van der Waals surface area contributed by atoms with Crippen molar-refractivity contribution >= 4 is 83.1 Å². The summed E-state index contributed by atoms with van der Waals surface area (Å²) in [6.45, 7) is 4.80. The third-order valence-electron chi connectivity index (χ3n) is 14.6. The number of rotatable bonds is 6. The summed E-state index contributed by atoms with van der Waals surface area (Å²) in [6, 6.07) is 86.3. The second-order valence-electron chi connectivity index (χ2n) is 18.2. The van der Waals surface area contributed by atoms with Crippen molar-refractivity contribution in [3.8, 4) is 33.4 Å². The summed E-state index contributed by atoms with van der Waals surface area (Å²) in [7, 11) is -3.16. The van der Waals surface area contributed by atoms with Crippen molar-refractivity contribution in [2.75, 3.05) is 0 Å². The number of hydrogen-bond donors (Lipinski definition) is 0. The third-order valence-corrected chi connectivity index (χ3v) is 19.5. The first-order valence-electron chi connectivity index (χ1n) is 22.8. The van der Waals surface area contributed by atoms with E-state index in [1.807, 2.05) is 0 Å². The molecule has 306 valence electrons. The van der Waals surface area contributed by atoms with Gasteiger partial charge in [-0.05, 0) is 116 Å². The fourth-order valence-corrected chi connectivity index (χ4v) is 17.0. The summed E-state index contributed by atoms with van der Waals surface area (Å²) >= 11 is 0. The van der Waals surface area contributed by atoms with E-state index in [1.54, 1.807) is 0 Å². The number of fused-ring (bicyclic) bond motifs is 10. The van der Waals surface area contributed by atoms with E-state index < -0.39 is 8.07 Å². The molecule has 1 aliphatic rings. The summed E-state index contributed by atoms with van der Waals surface area (Å²) in [6.07, 6.45) is 0. The standard InChI is InChI=1S/C63H44OSi/c1-63(2)54-38-35-41-20-12-13-27-46(41)60(54)51-36-34-42(40-55(51)63)58-47-28-14-16-30-49(47)59(50-31-17-15-29-48(50)58)53-37-39-57-61(52-32-18-19-33-56(52)64-57)62(53)65(43-21-6-3-7-22-43,44-23-8-4-9-24-44)45-25-10-5-11-26-45/h3-40H,1-2H3. The van der Waals surface area contributed by atoms with Gasteiger partial charge in [0.25, 0.3) is 0 Å². The van der Waals surface area contributed by atoms with Gasteiger partial charge >= 0.3 is 0 Å². The van der Waals surface area contributed by atoms with E-state index in [0.717, 1.165) is 16.6 Å². The van der Waals surface area contributed by atoms with Gasteiger partial charge in [0.2, 0.25) is 0 Å². The predicted octanol–water partition coefficient (Wildman–Crippen LogP) is 14.1. The normalized spacial score (nSPS) is 13.2. The zero-order valence-corrected chi connectivity index (χ0v) is 37.3. The smallest absolute Gasteiger partial charge is 0.181 e. The second-order valence-corrected chi connectivity index (χ2v) is 22.0. The Morgan fingerprint density at radius 1 is 0.354 bits per heavy atom. The van der Waals surface area contributed by atoms with E-state index in [-0.39, 0.29) is 5.41 Å². The maximum atomic E-state index is 6.86. The monoisotopic (exact) mass is 844 g/mol. The summed E-state index contributed by atoms with van der Waals surface area (Å²) in [5.41, 5.74) is 12.1. The molecule has 0 spiro atoms. The van der Waals surface area contributed by atoms with Crippen LogP contribution >= 0.6 is 0 Å². The molecule has 0 radical (unpaired) electrons. The zero-order chi connectivity index (χ0) is 43.3. The van der Waals surface area contributed by atoms with Gasteiger partial charge in [-0.1, -0.05) is 226 Å². The van der Waals surface area contributed by atoms with Gasteiger partial charge in [-0.15, -0.1) is 0 Å². The molecular formula is C63H44OSi. The maximum Gasteiger partial charge on any atom is 0.181 e. The topological polar surface area (TPSA) is 13.1 Å². The van der Waals surface area contributed by atoms with Crippen LogP contribution in [0.15, 0.2) is 235 Å². The van der Waals surface area contributed by atoms with E-state index >= 15 is 0 Å². The molecule has 65 heavy (non-hydrogen) atoms. The van der Waals surface area contributed by atoms with Gasteiger partial charge in [-0.25, -0.2) is 0 Å². The molecule has 0 saturated carbocycles.